The number of ketones is 1. The summed E-state index contributed by atoms with van der Waals surface area (Å²) in [5.41, 5.74) is 4.36. The Kier molecular flexibility index (Phi) is 5.08. The monoisotopic (exact) mass is 480 g/mol. The van der Waals surface area contributed by atoms with Gasteiger partial charge in [-0.1, -0.05) is 18.2 Å². The fourth-order valence-corrected chi connectivity index (χ4v) is 6.85. The second-order valence-corrected chi connectivity index (χ2v) is 12.1. The van der Waals surface area contributed by atoms with E-state index >= 15 is 0 Å². The minimum absolute atomic E-state index is 0.0970. The molecule has 170 valence electrons. The molecule has 6 rings (SSSR count). The minimum Gasteiger partial charge on any atom is -0.304 e. The summed E-state index contributed by atoms with van der Waals surface area (Å²) in [6, 6.07) is 9.32. The number of fused-ring (bicyclic) bond motifs is 1. The molecule has 2 saturated carbocycles. The van der Waals surface area contributed by atoms with E-state index in [-0.39, 0.29) is 17.2 Å². The third-order valence-corrected chi connectivity index (χ3v) is 9.55. The smallest absolute Gasteiger partial charge is 0.235 e. The maximum absolute atomic E-state index is 12.6. The highest BCUT2D eigenvalue weighted by Gasteiger charge is 2.36. The number of nitrogens with one attached hydrogen (secondary N) is 2. The number of sulfonamides is 1. The molecule has 0 saturated heterocycles. The van der Waals surface area contributed by atoms with Crippen molar-refractivity contribution in [2.75, 3.05) is 11.3 Å². The van der Waals surface area contributed by atoms with E-state index in [9.17, 15) is 13.2 Å². The molecular formula is C24H24N4O3S2. The van der Waals surface area contributed by atoms with Crippen LogP contribution in [-0.2, 0) is 14.8 Å². The summed E-state index contributed by atoms with van der Waals surface area (Å²) in [6.07, 6.45) is 7.95. The molecule has 3 aromatic rings. The molecule has 3 aliphatic rings. The van der Waals surface area contributed by atoms with Gasteiger partial charge in [-0.05, 0) is 55.9 Å². The van der Waals surface area contributed by atoms with Crippen molar-refractivity contribution < 1.29 is 13.2 Å². The van der Waals surface area contributed by atoms with Crippen LogP contribution in [0.2, 0.25) is 0 Å². The summed E-state index contributed by atoms with van der Waals surface area (Å²) < 4.78 is 28.0. The van der Waals surface area contributed by atoms with Crippen molar-refractivity contribution in [2.45, 2.75) is 43.4 Å². The first-order valence-corrected chi connectivity index (χ1v) is 13.7. The Hall–Kier alpha value is -2.62. The average Bonchev–Trinajstić information content (AvgIpc) is 3.74. The number of thiophene rings is 1. The third kappa shape index (κ3) is 4.20. The first kappa shape index (κ1) is 20.9. The molecule has 33 heavy (non-hydrogen) atoms. The molecule has 1 aromatic carbocycles. The molecule has 2 fully saturated rings. The second-order valence-electron chi connectivity index (χ2n) is 9.04. The quantitative estimate of drug-likeness (QED) is 0.530. The molecule has 1 unspecified atom stereocenters. The molecule has 0 bridgehead atoms. The van der Waals surface area contributed by atoms with Gasteiger partial charge >= 0.3 is 0 Å². The summed E-state index contributed by atoms with van der Waals surface area (Å²) in [5, 5.41) is 3.09. The summed E-state index contributed by atoms with van der Waals surface area (Å²) in [7, 11) is -3.28. The number of benzene rings is 1. The predicted octanol–water partition coefficient (Wildman–Crippen LogP) is 3.99. The van der Waals surface area contributed by atoms with E-state index in [2.05, 4.69) is 32.1 Å². The number of aromatic nitrogens is 2. The molecule has 3 heterocycles. The molecule has 1 atom stereocenters. The molecule has 2 aliphatic carbocycles. The largest absolute Gasteiger partial charge is 0.304 e. The van der Waals surface area contributed by atoms with E-state index in [1.807, 2.05) is 12.1 Å². The van der Waals surface area contributed by atoms with Crippen LogP contribution in [0.25, 0.3) is 27.0 Å². The highest BCUT2D eigenvalue weighted by molar-refractivity contribution is 7.93. The lowest BCUT2D eigenvalue weighted by atomic mass is 9.95. The van der Waals surface area contributed by atoms with Crippen LogP contribution in [0.1, 0.15) is 37.0 Å². The molecule has 7 nitrogen and oxygen atoms in total. The Morgan fingerprint density at radius 1 is 1.09 bits per heavy atom. The Morgan fingerprint density at radius 2 is 1.88 bits per heavy atom. The van der Waals surface area contributed by atoms with Crippen LogP contribution in [0.3, 0.4) is 0 Å². The van der Waals surface area contributed by atoms with Crippen molar-refractivity contribution in [3.8, 4) is 11.3 Å². The van der Waals surface area contributed by atoms with Gasteiger partial charge in [0, 0.05) is 28.6 Å². The summed E-state index contributed by atoms with van der Waals surface area (Å²) >= 11 is 1.65. The van der Waals surface area contributed by atoms with Gasteiger partial charge in [-0.15, -0.1) is 11.3 Å². The van der Waals surface area contributed by atoms with Crippen LogP contribution in [0, 0.1) is 5.92 Å². The molecule has 9 heteroatoms. The molecule has 1 aliphatic heterocycles. The molecule has 2 N–H and O–H groups in total. The van der Waals surface area contributed by atoms with Crippen LogP contribution in [0.15, 0.2) is 42.7 Å². The number of carbonyl (C=O) groups excluding carboxylic acids is 1. The Bertz CT molecular complexity index is 1370. The second kappa shape index (κ2) is 8.00. The number of nitrogens with zero attached hydrogens (tertiary/aromatic N) is 2. The maximum Gasteiger partial charge on any atom is 0.235 e. The van der Waals surface area contributed by atoms with Gasteiger partial charge in [0.2, 0.25) is 10.0 Å². The topological polar surface area (TPSA) is 101 Å². The van der Waals surface area contributed by atoms with Crippen LogP contribution >= 0.6 is 11.3 Å². The first-order chi connectivity index (χ1) is 16.0. The van der Waals surface area contributed by atoms with Crippen LogP contribution in [0.4, 0.5) is 5.69 Å². The van der Waals surface area contributed by atoms with Gasteiger partial charge in [-0.3, -0.25) is 9.52 Å². The van der Waals surface area contributed by atoms with Gasteiger partial charge in [-0.25, -0.2) is 18.4 Å². The van der Waals surface area contributed by atoms with Crippen LogP contribution in [0.5, 0.6) is 0 Å². The summed E-state index contributed by atoms with van der Waals surface area (Å²) in [6.45, 7) is 0.698. The lowest BCUT2D eigenvalue weighted by molar-refractivity contribution is -0.122. The standard InChI is InChI=1S/C24H24N4O3S2/c29-23(15-1-2-15)19-11-16(9-10-25-19)21-12-20-24(32-21)22(27-13-26-20)14-3-5-17(6-4-14)28-33(30,31)18-7-8-18/h3-6,9,12-13,15,18-19,25,28H,1-2,7-8,10-11H2. The van der Waals surface area contributed by atoms with Crippen LogP contribution < -0.4 is 10.0 Å². The maximum atomic E-state index is 12.6. The van der Waals surface area contributed by atoms with Gasteiger partial charge in [0.15, 0.2) is 5.78 Å². The van der Waals surface area contributed by atoms with E-state index < -0.39 is 10.0 Å². The number of hydrogen-bond acceptors (Lipinski definition) is 7. The molecule has 0 spiro atoms. The zero-order valence-electron chi connectivity index (χ0n) is 18.0. The Morgan fingerprint density at radius 3 is 2.61 bits per heavy atom. The number of carbonyl (C=O) groups is 1. The predicted molar refractivity (Wildman–Crippen MR) is 131 cm³/mol. The fourth-order valence-electron chi connectivity index (χ4n) is 4.29. The number of Topliss-reactive ketones (excluding diaryl/α,β-unsaturated/α-hetero) is 1. The van der Waals surface area contributed by atoms with E-state index in [0.717, 1.165) is 52.0 Å². The highest BCUT2D eigenvalue weighted by atomic mass is 32.2. The zero-order valence-corrected chi connectivity index (χ0v) is 19.6. The summed E-state index contributed by atoms with van der Waals surface area (Å²) in [4.78, 5) is 22.7. The lowest BCUT2D eigenvalue weighted by Gasteiger charge is -2.22. The van der Waals surface area contributed by atoms with Crippen molar-refractivity contribution in [3.05, 3.63) is 47.6 Å². The minimum atomic E-state index is -3.28. The van der Waals surface area contributed by atoms with Crippen molar-refractivity contribution in [1.29, 1.82) is 0 Å². The fraction of sp³-hybridized carbons (Fsp3) is 0.375. The van der Waals surface area contributed by atoms with Crippen LogP contribution in [-0.4, -0.2) is 42.0 Å². The number of hydrogen-bond donors (Lipinski definition) is 2. The van der Waals surface area contributed by atoms with Crippen molar-refractivity contribution in [2.24, 2.45) is 5.92 Å². The summed E-state index contributed by atoms with van der Waals surface area (Å²) in [5.74, 6) is 0.595. The molecule has 0 radical (unpaired) electrons. The van der Waals surface area contributed by atoms with E-state index in [1.54, 1.807) is 29.8 Å². The van der Waals surface area contributed by atoms with Gasteiger partial charge in [0.05, 0.1) is 27.2 Å². The van der Waals surface area contributed by atoms with Crippen molar-refractivity contribution in [3.63, 3.8) is 0 Å². The van der Waals surface area contributed by atoms with Gasteiger partial charge < -0.3 is 5.32 Å². The molecular weight excluding hydrogens is 456 g/mol. The van der Waals surface area contributed by atoms with E-state index in [1.165, 1.54) is 5.57 Å². The first-order valence-electron chi connectivity index (χ1n) is 11.3. The molecule has 0 amide bonds. The number of rotatable bonds is 7. The zero-order chi connectivity index (χ0) is 22.6. The third-order valence-electron chi connectivity index (χ3n) is 6.47. The van der Waals surface area contributed by atoms with Crippen molar-refractivity contribution >= 4 is 48.6 Å². The van der Waals surface area contributed by atoms with Gasteiger partial charge in [0.25, 0.3) is 0 Å². The van der Waals surface area contributed by atoms with Crippen molar-refractivity contribution in [1.82, 2.24) is 15.3 Å². The molecule has 2 aromatic heterocycles. The average molecular weight is 481 g/mol. The Labute approximate surface area is 196 Å². The lowest BCUT2D eigenvalue weighted by Crippen LogP contribution is -2.40. The SMILES string of the molecule is O=C(C1CC1)C1CC(c2cc3ncnc(-c4ccc(NS(=O)(=O)C5CC5)cc4)c3s2)=CCN1. The normalized spacial score (nSPS) is 21.1. The highest BCUT2D eigenvalue weighted by Crippen LogP contribution is 2.39. The number of anilines is 1. The van der Waals surface area contributed by atoms with E-state index in [4.69, 9.17) is 0 Å². The van der Waals surface area contributed by atoms with Gasteiger partial charge in [0.1, 0.15) is 6.33 Å². The van der Waals surface area contributed by atoms with E-state index in [0.29, 0.717) is 24.4 Å². The van der Waals surface area contributed by atoms with Gasteiger partial charge in [-0.2, -0.15) is 0 Å². The Balaban J connectivity index is 1.27.